The second-order valence-electron chi connectivity index (χ2n) is 4.57. The Bertz CT molecular complexity index is 385. The first-order valence-electron chi connectivity index (χ1n) is 6.67. The first kappa shape index (κ1) is 16.9. The molecule has 7 heteroatoms. The van der Waals surface area contributed by atoms with Crippen LogP contribution < -0.4 is 0 Å². The van der Waals surface area contributed by atoms with E-state index in [2.05, 4.69) is 15.9 Å². The van der Waals surface area contributed by atoms with Crippen molar-refractivity contribution in [2.45, 2.75) is 31.4 Å². The summed E-state index contributed by atoms with van der Waals surface area (Å²) in [5.74, 6) is -0.120. The largest absolute Gasteiger partial charge is 0.379 e. The SMILES string of the molecule is CCN(CCOCCBr)C(=O)C1CCCCS1(=O)=O. The molecule has 5 nitrogen and oxygen atoms in total. The van der Waals surface area contributed by atoms with Crippen LogP contribution in [0.1, 0.15) is 26.2 Å². The number of nitrogens with zero attached hydrogens (tertiary/aromatic N) is 1. The zero-order valence-corrected chi connectivity index (χ0v) is 13.7. The van der Waals surface area contributed by atoms with Crippen LogP contribution in [0.4, 0.5) is 0 Å². The molecule has 1 aliphatic heterocycles. The van der Waals surface area contributed by atoms with E-state index in [0.29, 0.717) is 39.1 Å². The summed E-state index contributed by atoms with van der Waals surface area (Å²) in [6, 6.07) is 0. The number of hydrogen-bond donors (Lipinski definition) is 0. The molecule has 19 heavy (non-hydrogen) atoms. The molecule has 1 rings (SSSR count). The van der Waals surface area contributed by atoms with Crippen LogP contribution in [0.2, 0.25) is 0 Å². The van der Waals surface area contributed by atoms with E-state index in [1.807, 2.05) is 6.92 Å². The molecule has 0 aliphatic carbocycles. The quantitative estimate of drug-likeness (QED) is 0.508. The molecule has 0 aromatic heterocycles. The topological polar surface area (TPSA) is 63.7 Å². The summed E-state index contributed by atoms with van der Waals surface area (Å²) in [6.07, 6.45) is 1.94. The van der Waals surface area contributed by atoms with Gasteiger partial charge in [0.05, 0.1) is 19.0 Å². The highest BCUT2D eigenvalue weighted by Crippen LogP contribution is 2.21. The van der Waals surface area contributed by atoms with Gasteiger partial charge in [-0.15, -0.1) is 0 Å². The van der Waals surface area contributed by atoms with Crippen LogP contribution in [0.15, 0.2) is 0 Å². The Kier molecular flexibility index (Phi) is 7.31. The Morgan fingerprint density at radius 3 is 2.68 bits per heavy atom. The average molecular weight is 356 g/mol. The Labute approximate surface area is 123 Å². The van der Waals surface area contributed by atoms with Crippen LogP contribution in [-0.4, -0.2) is 61.9 Å². The van der Waals surface area contributed by atoms with Crippen molar-refractivity contribution < 1.29 is 17.9 Å². The molecule has 0 aromatic carbocycles. The molecule has 0 spiro atoms. The maximum Gasteiger partial charge on any atom is 0.240 e. The van der Waals surface area contributed by atoms with Crippen molar-refractivity contribution in [2.75, 3.05) is 37.4 Å². The Balaban J connectivity index is 2.57. The lowest BCUT2D eigenvalue weighted by molar-refractivity contribution is -0.131. The molecule has 1 amide bonds. The van der Waals surface area contributed by atoms with Gasteiger partial charge in [-0.1, -0.05) is 22.4 Å². The van der Waals surface area contributed by atoms with Crippen LogP contribution in [0.25, 0.3) is 0 Å². The second-order valence-corrected chi connectivity index (χ2v) is 7.67. The van der Waals surface area contributed by atoms with Crippen molar-refractivity contribution in [1.29, 1.82) is 0 Å². The minimum absolute atomic E-state index is 0.140. The highest BCUT2D eigenvalue weighted by molar-refractivity contribution is 9.09. The summed E-state index contributed by atoms with van der Waals surface area (Å²) < 4.78 is 29.2. The lowest BCUT2D eigenvalue weighted by Gasteiger charge is -2.28. The van der Waals surface area contributed by atoms with E-state index in [1.165, 1.54) is 0 Å². The molecular formula is C12H22BrNO4S. The summed E-state index contributed by atoms with van der Waals surface area (Å²) >= 11 is 3.26. The van der Waals surface area contributed by atoms with Crippen LogP contribution in [0.3, 0.4) is 0 Å². The highest BCUT2D eigenvalue weighted by Gasteiger charge is 2.36. The number of halogens is 1. The van der Waals surface area contributed by atoms with Gasteiger partial charge in [-0.3, -0.25) is 4.79 Å². The molecule has 1 saturated heterocycles. The summed E-state index contributed by atoms with van der Waals surface area (Å²) in [7, 11) is -3.25. The molecule has 1 fully saturated rings. The second kappa shape index (κ2) is 8.21. The van der Waals surface area contributed by atoms with E-state index in [4.69, 9.17) is 4.74 Å². The van der Waals surface area contributed by atoms with Crippen LogP contribution in [0, 0.1) is 0 Å². The lowest BCUT2D eigenvalue weighted by Crippen LogP contribution is -2.46. The molecule has 0 saturated carbocycles. The number of carbonyl (C=O) groups excluding carboxylic acids is 1. The molecule has 0 bridgehead atoms. The van der Waals surface area contributed by atoms with Crippen molar-refractivity contribution in [3.05, 3.63) is 0 Å². The summed E-state index contributed by atoms with van der Waals surface area (Å²) in [4.78, 5) is 13.9. The predicted molar refractivity (Wildman–Crippen MR) is 78.3 cm³/mol. The number of ether oxygens (including phenoxy) is 1. The van der Waals surface area contributed by atoms with E-state index in [9.17, 15) is 13.2 Å². The van der Waals surface area contributed by atoms with Crippen molar-refractivity contribution in [3.63, 3.8) is 0 Å². The van der Waals surface area contributed by atoms with Gasteiger partial charge in [-0.05, 0) is 19.8 Å². The molecule has 1 aliphatic rings. The summed E-state index contributed by atoms with van der Waals surface area (Å²) in [6.45, 7) is 3.86. The summed E-state index contributed by atoms with van der Waals surface area (Å²) in [5.41, 5.74) is 0. The molecule has 0 aromatic rings. The van der Waals surface area contributed by atoms with Crippen LogP contribution in [0.5, 0.6) is 0 Å². The van der Waals surface area contributed by atoms with Gasteiger partial charge in [0, 0.05) is 18.4 Å². The molecule has 0 N–H and O–H groups in total. The van der Waals surface area contributed by atoms with Gasteiger partial charge in [0.1, 0.15) is 5.25 Å². The van der Waals surface area contributed by atoms with Gasteiger partial charge in [0.15, 0.2) is 9.84 Å². The normalized spacial score (nSPS) is 22.1. The third-order valence-electron chi connectivity index (χ3n) is 3.27. The molecule has 0 radical (unpaired) electrons. The van der Waals surface area contributed by atoms with Crippen LogP contribution in [-0.2, 0) is 19.4 Å². The minimum atomic E-state index is -3.25. The molecular weight excluding hydrogens is 334 g/mol. The molecule has 1 unspecified atom stereocenters. The van der Waals surface area contributed by atoms with Gasteiger partial charge in [0.25, 0.3) is 0 Å². The Morgan fingerprint density at radius 2 is 2.11 bits per heavy atom. The first-order chi connectivity index (χ1) is 9.03. The monoisotopic (exact) mass is 355 g/mol. The van der Waals surface area contributed by atoms with Crippen LogP contribution >= 0.6 is 15.9 Å². The van der Waals surface area contributed by atoms with Crippen molar-refractivity contribution in [1.82, 2.24) is 4.90 Å². The molecule has 112 valence electrons. The Morgan fingerprint density at radius 1 is 1.37 bits per heavy atom. The fraction of sp³-hybridized carbons (Fsp3) is 0.917. The van der Waals surface area contributed by atoms with Gasteiger partial charge >= 0.3 is 0 Å². The van der Waals surface area contributed by atoms with Gasteiger partial charge < -0.3 is 9.64 Å². The number of carbonyl (C=O) groups is 1. The van der Waals surface area contributed by atoms with Crippen molar-refractivity contribution in [2.24, 2.45) is 0 Å². The minimum Gasteiger partial charge on any atom is -0.379 e. The smallest absolute Gasteiger partial charge is 0.240 e. The zero-order valence-electron chi connectivity index (χ0n) is 11.3. The van der Waals surface area contributed by atoms with E-state index >= 15 is 0 Å². The third-order valence-corrected chi connectivity index (χ3v) is 5.76. The number of likely N-dealkylation sites (N-methyl/N-ethyl adjacent to an activating group) is 1. The first-order valence-corrected chi connectivity index (χ1v) is 9.50. The van der Waals surface area contributed by atoms with E-state index < -0.39 is 15.1 Å². The lowest BCUT2D eigenvalue weighted by atomic mass is 10.1. The average Bonchev–Trinajstić information content (AvgIpc) is 2.38. The number of sulfone groups is 1. The highest BCUT2D eigenvalue weighted by atomic mass is 79.9. The number of alkyl halides is 1. The van der Waals surface area contributed by atoms with Crippen molar-refractivity contribution in [3.8, 4) is 0 Å². The predicted octanol–water partition coefficient (Wildman–Crippen LogP) is 1.21. The number of amides is 1. The number of rotatable bonds is 7. The van der Waals surface area contributed by atoms with E-state index in [1.54, 1.807) is 4.90 Å². The van der Waals surface area contributed by atoms with Gasteiger partial charge in [-0.2, -0.15) is 0 Å². The standard InChI is InChI=1S/C12H22BrNO4S/c1-2-14(7-9-18-8-6-13)12(15)11-5-3-4-10-19(11,16)17/h11H,2-10H2,1H3. The fourth-order valence-electron chi connectivity index (χ4n) is 2.19. The molecule has 1 heterocycles. The Hall–Kier alpha value is -0.140. The van der Waals surface area contributed by atoms with Gasteiger partial charge in [-0.25, -0.2) is 8.42 Å². The third kappa shape index (κ3) is 5.04. The summed E-state index contributed by atoms with van der Waals surface area (Å²) in [5, 5.41) is -0.0817. The zero-order chi connectivity index (χ0) is 14.3. The number of hydrogen-bond acceptors (Lipinski definition) is 4. The maximum absolute atomic E-state index is 12.3. The molecule has 1 atom stereocenters. The van der Waals surface area contributed by atoms with Crippen molar-refractivity contribution >= 4 is 31.7 Å². The van der Waals surface area contributed by atoms with E-state index in [-0.39, 0.29) is 11.7 Å². The van der Waals surface area contributed by atoms with E-state index in [0.717, 1.165) is 11.8 Å². The maximum atomic E-state index is 12.3. The van der Waals surface area contributed by atoms with Gasteiger partial charge in [0.2, 0.25) is 5.91 Å². The fourth-order valence-corrected chi connectivity index (χ4v) is 4.29.